The van der Waals surface area contributed by atoms with E-state index in [9.17, 15) is 22.0 Å². The van der Waals surface area contributed by atoms with Gasteiger partial charge < -0.3 is 4.74 Å². The molecule has 1 N–H and O–H groups in total. The molecule has 0 radical (unpaired) electrons. The maximum Gasteiger partial charge on any atom is 0.499 e. The second-order valence-corrected chi connectivity index (χ2v) is 11.8. The number of aliphatic imine (C=N–C) groups is 1. The quantitative estimate of drug-likeness (QED) is 0.0981. The smallest absolute Gasteiger partial charge is 0.426 e. The van der Waals surface area contributed by atoms with E-state index in [-0.39, 0.29) is 5.11 Å². The number of hydrogen-bond acceptors (Lipinski definition) is 6. The highest BCUT2D eigenvalue weighted by molar-refractivity contribution is 8.14. The van der Waals surface area contributed by atoms with Crippen LogP contribution < -0.4 is 15.1 Å². The van der Waals surface area contributed by atoms with Gasteiger partial charge in [0.2, 0.25) is 5.11 Å². The van der Waals surface area contributed by atoms with Crippen LogP contribution in [-0.2, 0) is 0 Å². The van der Waals surface area contributed by atoms with E-state index in [1.807, 2.05) is 0 Å². The van der Waals surface area contributed by atoms with Gasteiger partial charge in [0.25, 0.3) is 0 Å². The van der Waals surface area contributed by atoms with Gasteiger partial charge in [0.05, 0.1) is 17.6 Å². The number of benzene rings is 3. The van der Waals surface area contributed by atoms with Crippen LogP contribution in [0.5, 0.6) is 5.75 Å². The number of nitrogens with one attached hydrogen (secondary N) is 1. The number of rotatable bonds is 6. The van der Waals surface area contributed by atoms with E-state index in [2.05, 4.69) is 73.4 Å². The van der Waals surface area contributed by atoms with Gasteiger partial charge in [-0.3, -0.25) is 10.3 Å². The van der Waals surface area contributed by atoms with Crippen molar-refractivity contribution < 1.29 is 26.7 Å². The molecule has 3 heterocycles. The second-order valence-electron chi connectivity index (χ2n) is 10.4. The molecule has 1 aromatic heterocycles. The monoisotopic (exact) mass is 669 g/mol. The van der Waals surface area contributed by atoms with Gasteiger partial charge in [-0.1, -0.05) is 61.2 Å². The van der Waals surface area contributed by atoms with Crippen LogP contribution in [0.25, 0.3) is 17.1 Å². The lowest BCUT2D eigenvalue weighted by Crippen LogP contribution is -2.41. The lowest BCUT2D eigenvalue weighted by Gasteiger charge is -2.30. The lowest BCUT2D eigenvalue weighted by molar-refractivity contribution is -0.360. The summed E-state index contributed by atoms with van der Waals surface area (Å²) in [6.07, 6.45) is -5.89. The predicted octanol–water partition coefficient (Wildman–Crippen LogP) is 7.60. The van der Waals surface area contributed by atoms with Crippen LogP contribution in [0, 0.1) is 6.92 Å². The fourth-order valence-electron chi connectivity index (χ4n) is 4.85. The molecular formula is C31H24F5N7OS2. The van der Waals surface area contributed by atoms with E-state index < -0.39 is 18.0 Å². The SMILES string of the molecule is Cc1ccc2c(c1)N1C(=CC2C)CS/C1=N\C(=S)N/N=C/c1ccc(-c2ncn(-c3ccc(OC(F)(F)C(F)(F)F)cc3)n2)cc1. The zero-order valence-electron chi connectivity index (χ0n) is 24.2. The highest BCUT2D eigenvalue weighted by atomic mass is 32.2. The van der Waals surface area contributed by atoms with Gasteiger partial charge in [0.1, 0.15) is 12.1 Å². The highest BCUT2D eigenvalue weighted by Gasteiger charge is 2.61. The molecule has 8 nitrogen and oxygen atoms in total. The Hall–Kier alpha value is -4.63. The van der Waals surface area contributed by atoms with Crippen LogP contribution in [-0.4, -0.2) is 49.3 Å². The molecule has 1 saturated heterocycles. The average Bonchev–Trinajstić information content (AvgIpc) is 3.65. The Bertz CT molecular complexity index is 1870. The number of hydrogen-bond donors (Lipinski definition) is 1. The summed E-state index contributed by atoms with van der Waals surface area (Å²) in [5.74, 6) is 0.863. The van der Waals surface area contributed by atoms with Crippen molar-refractivity contribution >= 4 is 46.2 Å². The number of aryl methyl sites for hydroxylation is 1. The lowest BCUT2D eigenvalue weighted by atomic mass is 9.93. The summed E-state index contributed by atoms with van der Waals surface area (Å²) in [7, 11) is 0. The molecule has 0 saturated carbocycles. The maximum absolute atomic E-state index is 13.1. The van der Waals surface area contributed by atoms with E-state index in [1.165, 1.54) is 40.0 Å². The molecule has 1 fully saturated rings. The molecule has 1 atom stereocenters. The molecule has 236 valence electrons. The first-order valence-electron chi connectivity index (χ1n) is 13.8. The number of hydrazone groups is 1. The summed E-state index contributed by atoms with van der Waals surface area (Å²) in [5, 5.41) is 9.61. The number of allylic oxidation sites excluding steroid dienone is 1. The molecule has 0 amide bonds. The third-order valence-electron chi connectivity index (χ3n) is 7.10. The summed E-state index contributed by atoms with van der Waals surface area (Å²) in [4.78, 5) is 11.0. The van der Waals surface area contributed by atoms with Crippen molar-refractivity contribution in [2.75, 3.05) is 10.7 Å². The molecule has 2 aliphatic rings. The zero-order chi connectivity index (χ0) is 32.6. The normalized spacial score (nSPS) is 17.2. The number of ether oxygens (including phenoxy) is 1. The molecule has 2 aliphatic heterocycles. The van der Waals surface area contributed by atoms with E-state index in [0.29, 0.717) is 23.0 Å². The van der Waals surface area contributed by atoms with Crippen molar-refractivity contribution in [1.29, 1.82) is 0 Å². The number of thiocarbonyl (C=S) groups is 1. The van der Waals surface area contributed by atoms with Crippen LogP contribution in [0.2, 0.25) is 0 Å². The molecular weight excluding hydrogens is 646 g/mol. The Morgan fingerprint density at radius 3 is 2.52 bits per heavy atom. The van der Waals surface area contributed by atoms with Crippen LogP contribution in [0.15, 0.2) is 94.9 Å². The zero-order valence-corrected chi connectivity index (χ0v) is 25.8. The maximum atomic E-state index is 13.1. The molecule has 3 aromatic carbocycles. The molecule has 1 unspecified atom stereocenters. The van der Waals surface area contributed by atoms with Gasteiger partial charge in [-0.05, 0) is 66.2 Å². The summed E-state index contributed by atoms with van der Waals surface area (Å²) in [5.41, 5.74) is 9.38. The standard InChI is InChI=1S/C31H24F5N7OS2/c1-18-3-12-25-19(2)14-23-16-46-29(43(23)26(25)13-18)39-28(45)40-38-15-20-4-6-21(7-5-20)27-37-17-42(41-27)22-8-10-24(11-9-22)44-31(35,36)30(32,33)34/h3-15,17,19H,16H2,1-2H3,(H,40,45)/b38-15+,39-29-. The van der Waals surface area contributed by atoms with Crippen molar-refractivity contribution in [1.82, 2.24) is 20.2 Å². The van der Waals surface area contributed by atoms with Crippen molar-refractivity contribution in [3.8, 4) is 22.8 Å². The van der Waals surface area contributed by atoms with Crippen molar-refractivity contribution in [2.45, 2.75) is 32.1 Å². The average molecular weight is 670 g/mol. The molecule has 0 spiro atoms. The second kappa shape index (κ2) is 12.3. The highest BCUT2D eigenvalue weighted by Crippen LogP contribution is 2.43. The minimum atomic E-state index is -5.83. The van der Waals surface area contributed by atoms with Crippen LogP contribution >= 0.6 is 24.0 Å². The van der Waals surface area contributed by atoms with Crippen LogP contribution in [0.1, 0.15) is 29.5 Å². The molecule has 4 aromatic rings. The number of amidine groups is 1. The van der Waals surface area contributed by atoms with Crippen LogP contribution in [0.3, 0.4) is 0 Å². The summed E-state index contributed by atoms with van der Waals surface area (Å²) in [6.45, 7) is 4.26. The topological polar surface area (TPSA) is 79.9 Å². The molecule has 0 bridgehead atoms. The Labute approximate surface area is 269 Å². The number of fused-ring (bicyclic) bond motifs is 3. The fourth-order valence-corrected chi connectivity index (χ4v) is 6.05. The minimum absolute atomic E-state index is 0.229. The van der Waals surface area contributed by atoms with Gasteiger partial charge in [0, 0.05) is 22.9 Å². The van der Waals surface area contributed by atoms with E-state index in [1.54, 1.807) is 42.2 Å². The third-order valence-corrected chi connectivity index (χ3v) is 8.25. The Balaban J connectivity index is 1.07. The van der Waals surface area contributed by atoms with Crippen molar-refractivity contribution in [3.05, 3.63) is 102 Å². The summed E-state index contributed by atoms with van der Waals surface area (Å²) >= 11 is 7.07. The van der Waals surface area contributed by atoms with Gasteiger partial charge >= 0.3 is 12.3 Å². The molecule has 0 aliphatic carbocycles. The van der Waals surface area contributed by atoms with Gasteiger partial charge in [-0.2, -0.15) is 32.0 Å². The Morgan fingerprint density at radius 1 is 1.07 bits per heavy atom. The van der Waals surface area contributed by atoms with Crippen molar-refractivity contribution in [2.24, 2.45) is 10.1 Å². The van der Waals surface area contributed by atoms with E-state index in [4.69, 9.17) is 12.2 Å². The number of nitrogens with zero attached hydrogens (tertiary/aromatic N) is 6. The van der Waals surface area contributed by atoms with Gasteiger partial charge in [-0.25, -0.2) is 9.67 Å². The molecule has 15 heteroatoms. The van der Waals surface area contributed by atoms with Crippen LogP contribution in [0.4, 0.5) is 27.6 Å². The van der Waals surface area contributed by atoms with E-state index >= 15 is 0 Å². The number of alkyl halides is 5. The van der Waals surface area contributed by atoms with Gasteiger partial charge in [0.15, 0.2) is 11.0 Å². The largest absolute Gasteiger partial charge is 0.499 e. The predicted molar refractivity (Wildman–Crippen MR) is 172 cm³/mol. The molecule has 46 heavy (non-hydrogen) atoms. The van der Waals surface area contributed by atoms with Gasteiger partial charge in [-0.15, -0.1) is 5.10 Å². The number of thioether (sulfide) groups is 1. The number of halogens is 5. The molecule has 6 rings (SSSR count). The number of aromatic nitrogens is 3. The fraction of sp³-hybridized carbons (Fsp3) is 0.194. The number of anilines is 1. The van der Waals surface area contributed by atoms with E-state index in [0.717, 1.165) is 34.3 Å². The Kier molecular flexibility index (Phi) is 8.37. The first-order chi connectivity index (χ1) is 21.9. The summed E-state index contributed by atoms with van der Waals surface area (Å²) in [6, 6.07) is 18.2. The minimum Gasteiger partial charge on any atom is -0.426 e. The van der Waals surface area contributed by atoms with Crippen molar-refractivity contribution in [3.63, 3.8) is 0 Å². The Morgan fingerprint density at radius 2 is 1.80 bits per heavy atom. The third kappa shape index (κ3) is 6.51. The first-order valence-corrected chi connectivity index (χ1v) is 15.2. The first kappa shape index (κ1) is 31.4. The summed E-state index contributed by atoms with van der Waals surface area (Å²) < 4.78 is 68.6.